The summed E-state index contributed by atoms with van der Waals surface area (Å²) >= 11 is 0. The third kappa shape index (κ3) is 5.04. The van der Waals surface area contributed by atoms with Gasteiger partial charge in [0.05, 0.1) is 6.04 Å². The second-order valence-electron chi connectivity index (χ2n) is 11.0. The van der Waals surface area contributed by atoms with E-state index in [1.807, 2.05) is 12.1 Å². The summed E-state index contributed by atoms with van der Waals surface area (Å²) in [6, 6.07) is 8.55. The number of hydroxylamine groups is 1. The minimum atomic E-state index is -0.525. The van der Waals surface area contributed by atoms with Crippen molar-refractivity contribution < 1.29 is 10.0 Å². The predicted molar refractivity (Wildman–Crippen MR) is 134 cm³/mol. The summed E-state index contributed by atoms with van der Waals surface area (Å²) in [5.41, 5.74) is 5.36. The highest BCUT2D eigenvalue weighted by atomic mass is 16.5. The lowest BCUT2D eigenvalue weighted by molar-refractivity contribution is -0.124. The number of fused-ring (bicyclic) bond motifs is 1. The number of benzene rings is 1. The third-order valence-electron chi connectivity index (χ3n) is 7.45. The molecule has 1 aliphatic carbocycles. The van der Waals surface area contributed by atoms with Crippen LogP contribution in [0.4, 0.5) is 0 Å². The zero-order valence-electron chi connectivity index (χ0n) is 20.3. The minimum Gasteiger partial charge on any atom is -0.299 e. The van der Waals surface area contributed by atoms with Crippen molar-refractivity contribution in [3.8, 4) is 0 Å². The van der Waals surface area contributed by atoms with Gasteiger partial charge >= 0.3 is 0 Å². The zero-order valence-corrected chi connectivity index (χ0v) is 20.3. The van der Waals surface area contributed by atoms with Gasteiger partial charge in [0.1, 0.15) is 0 Å². The smallest absolute Gasteiger partial charge is 0.267 e. The maximum Gasteiger partial charge on any atom is 0.267 e. The molecular formula is C28H37N3O2. The molecule has 1 saturated heterocycles. The monoisotopic (exact) mass is 447 g/mol. The quantitative estimate of drug-likeness (QED) is 0.378. The molecule has 5 nitrogen and oxygen atoms in total. The van der Waals surface area contributed by atoms with E-state index in [1.54, 1.807) is 11.6 Å². The molecule has 0 aromatic heterocycles. The molecule has 2 N–H and O–H groups in total. The Balaban J connectivity index is 1.47. The van der Waals surface area contributed by atoms with Gasteiger partial charge in [-0.05, 0) is 42.5 Å². The van der Waals surface area contributed by atoms with Gasteiger partial charge in [-0.3, -0.25) is 19.9 Å². The first-order valence-electron chi connectivity index (χ1n) is 12.1. The number of nitrogens with one attached hydrogen (secondary N) is 1. The van der Waals surface area contributed by atoms with Crippen LogP contribution in [0.15, 0.2) is 59.6 Å². The van der Waals surface area contributed by atoms with E-state index in [0.29, 0.717) is 11.8 Å². The van der Waals surface area contributed by atoms with Crippen molar-refractivity contribution in [3.63, 3.8) is 0 Å². The molecule has 0 bridgehead atoms. The first kappa shape index (κ1) is 23.7. The van der Waals surface area contributed by atoms with E-state index in [1.165, 1.54) is 30.2 Å². The first-order valence-corrected chi connectivity index (χ1v) is 12.1. The summed E-state index contributed by atoms with van der Waals surface area (Å²) in [6.45, 7) is 12.5. The summed E-state index contributed by atoms with van der Waals surface area (Å²) in [5.74, 6) is 0.543. The summed E-state index contributed by atoms with van der Waals surface area (Å²) in [4.78, 5) is 19.0. The van der Waals surface area contributed by atoms with E-state index in [0.717, 1.165) is 25.2 Å². The van der Waals surface area contributed by atoms with Gasteiger partial charge in [-0.25, -0.2) is 5.48 Å². The van der Waals surface area contributed by atoms with Crippen LogP contribution in [0.25, 0.3) is 6.08 Å². The van der Waals surface area contributed by atoms with Crippen molar-refractivity contribution in [3.05, 3.63) is 65.8 Å². The number of carbonyl (C=O) groups is 1. The van der Waals surface area contributed by atoms with Gasteiger partial charge in [-0.2, -0.15) is 0 Å². The summed E-state index contributed by atoms with van der Waals surface area (Å²) < 4.78 is 0. The van der Waals surface area contributed by atoms with Gasteiger partial charge in [-0.15, -0.1) is 0 Å². The van der Waals surface area contributed by atoms with Gasteiger partial charge in [0.2, 0.25) is 0 Å². The Labute approximate surface area is 197 Å². The van der Waals surface area contributed by atoms with Crippen LogP contribution in [-0.2, 0) is 11.3 Å². The van der Waals surface area contributed by atoms with Gasteiger partial charge in [-0.1, -0.05) is 76.3 Å². The molecule has 3 aliphatic rings. The number of aliphatic imine (C=N–C) groups is 1. The highest BCUT2D eigenvalue weighted by Crippen LogP contribution is 2.52. The van der Waals surface area contributed by atoms with Crippen LogP contribution in [0.1, 0.15) is 51.7 Å². The number of likely N-dealkylation sites (tertiary alicyclic amines) is 1. The first-order chi connectivity index (χ1) is 15.7. The molecule has 176 valence electrons. The van der Waals surface area contributed by atoms with Crippen LogP contribution in [0, 0.1) is 22.7 Å². The van der Waals surface area contributed by atoms with Crippen LogP contribution in [-0.4, -0.2) is 40.9 Å². The zero-order chi connectivity index (χ0) is 23.6. The van der Waals surface area contributed by atoms with Crippen LogP contribution < -0.4 is 5.48 Å². The van der Waals surface area contributed by atoms with E-state index in [9.17, 15) is 4.79 Å². The van der Waals surface area contributed by atoms with Gasteiger partial charge in [0, 0.05) is 41.6 Å². The molecule has 1 aromatic carbocycles. The van der Waals surface area contributed by atoms with Crippen molar-refractivity contribution in [2.24, 2.45) is 27.7 Å². The fourth-order valence-electron chi connectivity index (χ4n) is 5.83. The fourth-order valence-corrected chi connectivity index (χ4v) is 5.83. The molecule has 4 unspecified atom stereocenters. The number of hydrogen-bond donors (Lipinski definition) is 2. The third-order valence-corrected chi connectivity index (χ3v) is 7.45. The van der Waals surface area contributed by atoms with Gasteiger partial charge in [0.15, 0.2) is 0 Å². The normalized spacial score (nSPS) is 29.8. The van der Waals surface area contributed by atoms with E-state index < -0.39 is 5.91 Å². The Kier molecular flexibility index (Phi) is 6.73. The largest absolute Gasteiger partial charge is 0.299 e. The SMILES string of the molecule is CC(C)(C)C1=NC2C=CC=CC2(C)C1C1CCCN(Cc2ccc(C=CC(=O)NO)cc2)C1. The second kappa shape index (κ2) is 9.40. The highest BCUT2D eigenvalue weighted by Gasteiger charge is 2.52. The molecule has 5 heteroatoms. The average Bonchev–Trinajstić information content (AvgIpc) is 3.12. The minimum absolute atomic E-state index is 0.0693. The van der Waals surface area contributed by atoms with Crippen molar-refractivity contribution in [1.82, 2.24) is 10.4 Å². The molecule has 4 rings (SSSR count). The summed E-state index contributed by atoms with van der Waals surface area (Å²) in [7, 11) is 0. The van der Waals surface area contributed by atoms with Gasteiger partial charge in [0.25, 0.3) is 5.91 Å². The Morgan fingerprint density at radius 1 is 1.27 bits per heavy atom. The molecule has 33 heavy (non-hydrogen) atoms. The van der Waals surface area contributed by atoms with Crippen molar-refractivity contribution in [1.29, 1.82) is 0 Å². The molecule has 0 radical (unpaired) electrons. The maximum absolute atomic E-state index is 11.2. The standard InChI is InChI=1S/C28H37N3O2/c1-27(2,3)26-25(28(4)16-6-5-9-23(28)29-26)22-8-7-17-31(19-22)18-21-12-10-20(11-13-21)14-15-24(32)30-33/h5-6,9-16,22-23,25,33H,7-8,17-19H2,1-4H3,(H,30,32). The van der Waals surface area contributed by atoms with Crippen LogP contribution in [0.5, 0.6) is 0 Å². The number of amides is 1. The lowest BCUT2D eigenvalue weighted by atomic mass is 9.61. The van der Waals surface area contributed by atoms with Crippen molar-refractivity contribution >= 4 is 17.7 Å². The van der Waals surface area contributed by atoms with E-state index >= 15 is 0 Å². The average molecular weight is 448 g/mol. The lowest BCUT2D eigenvalue weighted by Gasteiger charge is -2.44. The molecule has 2 heterocycles. The highest BCUT2D eigenvalue weighted by molar-refractivity contribution is 5.95. The molecule has 0 spiro atoms. The number of hydrogen-bond acceptors (Lipinski definition) is 4. The second-order valence-corrected chi connectivity index (χ2v) is 11.0. The Morgan fingerprint density at radius 3 is 2.73 bits per heavy atom. The molecule has 1 aromatic rings. The molecule has 0 saturated carbocycles. The van der Waals surface area contributed by atoms with Crippen molar-refractivity contribution in [2.45, 2.75) is 53.1 Å². The number of piperidine rings is 1. The van der Waals surface area contributed by atoms with Crippen LogP contribution in [0.2, 0.25) is 0 Å². The molecule has 1 fully saturated rings. The number of carbonyl (C=O) groups excluding carboxylic acids is 1. The number of rotatable bonds is 5. The van der Waals surface area contributed by atoms with Crippen LogP contribution in [0.3, 0.4) is 0 Å². The summed E-state index contributed by atoms with van der Waals surface area (Å²) in [5, 5.41) is 8.61. The topological polar surface area (TPSA) is 64.9 Å². The fraction of sp³-hybridized carbons (Fsp3) is 0.500. The molecule has 1 amide bonds. The maximum atomic E-state index is 11.2. The van der Waals surface area contributed by atoms with E-state index in [2.05, 4.69) is 69.0 Å². The molecule has 4 atom stereocenters. The number of allylic oxidation sites excluding steroid dienone is 2. The Morgan fingerprint density at radius 2 is 2.03 bits per heavy atom. The Bertz CT molecular complexity index is 983. The number of nitrogens with zero attached hydrogens (tertiary/aromatic N) is 2. The van der Waals surface area contributed by atoms with Crippen LogP contribution >= 0.6 is 0 Å². The Hall–Kier alpha value is -2.50. The molecular weight excluding hydrogens is 410 g/mol. The van der Waals surface area contributed by atoms with E-state index in [-0.39, 0.29) is 16.9 Å². The molecule has 2 aliphatic heterocycles. The summed E-state index contributed by atoms with van der Waals surface area (Å²) in [6.07, 6.45) is 14.6. The van der Waals surface area contributed by atoms with Crippen molar-refractivity contribution in [2.75, 3.05) is 13.1 Å². The van der Waals surface area contributed by atoms with Gasteiger partial charge < -0.3 is 0 Å². The lowest BCUT2D eigenvalue weighted by Crippen LogP contribution is -2.47. The van der Waals surface area contributed by atoms with E-state index in [4.69, 9.17) is 10.2 Å². The predicted octanol–water partition coefficient (Wildman–Crippen LogP) is 5.04.